The summed E-state index contributed by atoms with van der Waals surface area (Å²) in [5, 5.41) is 59.8. The van der Waals surface area contributed by atoms with Gasteiger partial charge >= 0.3 is 0 Å². The van der Waals surface area contributed by atoms with Crippen molar-refractivity contribution in [1.29, 1.82) is 0 Å². The lowest BCUT2D eigenvalue weighted by molar-refractivity contribution is -0.137. The third-order valence-electron chi connectivity index (χ3n) is 15.4. The van der Waals surface area contributed by atoms with Crippen molar-refractivity contribution in [2.75, 3.05) is 77.5 Å². The van der Waals surface area contributed by atoms with Gasteiger partial charge in [0, 0.05) is 79.4 Å². The average Bonchev–Trinajstić information content (AvgIpc) is 1.67. The Morgan fingerprint density at radius 1 is 0.734 bits per heavy atom. The first-order chi connectivity index (χ1) is 45.5. The van der Waals surface area contributed by atoms with Crippen LogP contribution < -0.4 is 43.0 Å². The molecule has 1 fully saturated rings. The van der Waals surface area contributed by atoms with E-state index >= 15 is 9.59 Å². The monoisotopic (exact) mass is 1340 g/mol. The summed E-state index contributed by atoms with van der Waals surface area (Å²) in [6.45, 7) is 8.09. The van der Waals surface area contributed by atoms with Crippen molar-refractivity contribution in [1.82, 2.24) is 57.2 Å². The Morgan fingerprint density at radius 2 is 1.37 bits per heavy atom. The van der Waals surface area contributed by atoms with Crippen LogP contribution >= 0.6 is 21.6 Å². The normalized spacial score (nSPS) is 20.2. The summed E-state index contributed by atoms with van der Waals surface area (Å²) < 4.78 is 23.5. The highest BCUT2D eigenvalue weighted by atomic mass is 33.1. The predicted molar refractivity (Wildman–Crippen MR) is 354 cm³/mol. The second-order valence-corrected chi connectivity index (χ2v) is 25.4. The number of aryl methyl sites for hydroxylation is 1. The van der Waals surface area contributed by atoms with Crippen LogP contribution in [0.4, 0.5) is 0 Å². The Bertz CT molecular complexity index is 3140. The summed E-state index contributed by atoms with van der Waals surface area (Å²) in [4.78, 5) is 120. The fourth-order valence-corrected chi connectivity index (χ4v) is 12.5. The van der Waals surface area contributed by atoms with E-state index in [0.717, 1.165) is 32.5 Å². The van der Waals surface area contributed by atoms with Crippen LogP contribution in [0.2, 0.25) is 0 Å². The molecule has 0 aliphatic carbocycles. The number of Topliss-reactive ketones (excluding diaryl/α,β-unsaturated/α-hetero) is 1. The number of hydrogen-bond donors (Lipinski definition) is 12. The lowest BCUT2D eigenvalue weighted by Crippen LogP contribution is -2.62. The number of carbonyl (C=O) groups excluding carboxylic acids is 8. The number of nitrogens with one attached hydrogen (secondary N) is 8. The number of fused-ring (bicyclic) bond motifs is 1. The molecule has 10 atom stereocenters. The van der Waals surface area contributed by atoms with Crippen LogP contribution in [-0.2, 0) is 89.5 Å². The van der Waals surface area contributed by atoms with E-state index in [1.165, 1.54) is 13.8 Å². The van der Waals surface area contributed by atoms with Crippen molar-refractivity contribution in [2.24, 2.45) is 11.7 Å². The Labute approximate surface area is 555 Å². The van der Waals surface area contributed by atoms with E-state index < -0.39 is 121 Å². The van der Waals surface area contributed by atoms with Gasteiger partial charge in [-0.15, -0.1) is 5.10 Å². The molecule has 3 heterocycles. The lowest BCUT2D eigenvalue weighted by atomic mass is 9.90. The highest BCUT2D eigenvalue weighted by Crippen LogP contribution is 2.26. The van der Waals surface area contributed by atoms with Gasteiger partial charge in [-0.25, -0.2) is 4.68 Å². The second-order valence-electron chi connectivity index (χ2n) is 22.8. The zero-order valence-electron chi connectivity index (χ0n) is 53.5. The molecule has 7 amide bonds. The van der Waals surface area contributed by atoms with Crippen molar-refractivity contribution in [3.05, 3.63) is 120 Å². The number of amides is 7. The molecule has 94 heavy (non-hydrogen) atoms. The standard InChI is InChI=1S/C65H92N12O15S2/c1-4-89-27-28-91-31-32-92-30-29-90-26-25-77-38-48(75-76-77)22-23-58(82)68-52(34-45-17-9-6-10-18-45)62(85)72-55-40-93-94-41-56(64(87)71-54(39-78)42(2)79)73-65(88)59(43(3)80)74-61(84)51(21-13-14-24-66)69-63(86)53(35-47-37-67-50-20-12-11-19-49(47)50)70-60(83)46(36-57(55)81)33-44-15-7-5-8-16-44/h5-12,15-20,37-38,42-43,46,51-56,59,67,78-80H,4,13-14,21-36,39-41,66H2,1-3H3,(H,68,82)(H,69,86)(H,70,83)(H,71,87)(H,72,85)(H,73,88)(H,74,84)/t42-,43-,46-,51+,52-,53-,54-,55+,56?,59?/m1/s1. The molecule has 0 radical (unpaired) electrons. The predicted octanol–water partition coefficient (Wildman–Crippen LogP) is 0.753. The molecule has 5 aromatic rings. The number of unbranched alkanes of at least 4 members (excludes halogenated alkanes) is 1. The number of nitrogens with two attached hydrogens (primary N) is 1. The minimum atomic E-state index is -1.70. The summed E-state index contributed by atoms with van der Waals surface area (Å²) in [5.74, 6) is -7.68. The van der Waals surface area contributed by atoms with Crippen LogP contribution in [0, 0.1) is 5.92 Å². The number of carbonyl (C=O) groups is 8. The Morgan fingerprint density at radius 3 is 2.04 bits per heavy atom. The molecule has 2 unspecified atom stereocenters. The highest BCUT2D eigenvalue weighted by molar-refractivity contribution is 8.76. The van der Waals surface area contributed by atoms with E-state index in [2.05, 4.69) is 52.5 Å². The maximum Gasteiger partial charge on any atom is 0.245 e. The number of hydrogen-bond acceptors (Lipinski definition) is 20. The largest absolute Gasteiger partial charge is 0.394 e. The van der Waals surface area contributed by atoms with Crippen LogP contribution in [0.25, 0.3) is 10.9 Å². The summed E-state index contributed by atoms with van der Waals surface area (Å²) in [7, 11) is 2.04. The minimum Gasteiger partial charge on any atom is -0.394 e. The molecule has 27 nitrogen and oxygen atoms in total. The quantitative estimate of drug-likeness (QED) is 0.0200. The number of benzene rings is 3. The smallest absolute Gasteiger partial charge is 0.245 e. The van der Waals surface area contributed by atoms with E-state index in [1.54, 1.807) is 77.7 Å². The number of aromatic amines is 1. The van der Waals surface area contributed by atoms with E-state index in [1.807, 2.05) is 31.2 Å². The van der Waals surface area contributed by atoms with Gasteiger partial charge in [0.2, 0.25) is 41.4 Å². The zero-order valence-corrected chi connectivity index (χ0v) is 55.2. The van der Waals surface area contributed by atoms with E-state index in [4.69, 9.17) is 24.7 Å². The molecule has 0 saturated carbocycles. The molecule has 1 aliphatic heterocycles. The van der Waals surface area contributed by atoms with Gasteiger partial charge in [0.25, 0.3) is 0 Å². The van der Waals surface area contributed by atoms with Gasteiger partial charge in [-0.2, -0.15) is 0 Å². The number of aliphatic hydroxyl groups excluding tert-OH is 3. The molecular weight excluding hydrogens is 1250 g/mol. The minimum absolute atomic E-state index is 0.00181. The van der Waals surface area contributed by atoms with Gasteiger partial charge in [-0.3, -0.25) is 38.4 Å². The second kappa shape index (κ2) is 41.5. The van der Waals surface area contributed by atoms with Crippen molar-refractivity contribution in [2.45, 2.75) is 140 Å². The number of ketones is 1. The Hall–Kier alpha value is -7.32. The molecule has 29 heteroatoms. The third-order valence-corrected chi connectivity index (χ3v) is 17.9. The zero-order chi connectivity index (χ0) is 67.6. The number of H-pyrrole nitrogens is 1. The molecule has 0 spiro atoms. The summed E-state index contributed by atoms with van der Waals surface area (Å²) in [6, 6.07) is 15.5. The van der Waals surface area contributed by atoms with E-state index in [0.29, 0.717) is 94.6 Å². The van der Waals surface area contributed by atoms with Gasteiger partial charge in [0.15, 0.2) is 5.78 Å². The summed E-state index contributed by atoms with van der Waals surface area (Å²) >= 11 is 0. The topological polar surface area (TPSA) is 391 Å². The number of para-hydroxylation sites is 1. The third kappa shape index (κ3) is 26.1. The first-order valence-electron chi connectivity index (χ1n) is 31.8. The molecule has 1 saturated heterocycles. The SMILES string of the molecule is CCOCCOCCOCCOCCn1cc(CCC(=O)N[C@H](Cc2ccccc2)C(=O)N[C@H]2CSSCC(C(=O)N[C@H](CO)[C@@H](C)O)NC(=O)C([C@@H](C)O)NC(=O)[C@H](CCCCN)NC(=O)[C@@H](Cc3c[nH]c4ccccc34)NC(=O)[C@H](Cc3ccccc3)CC2=O)nn1. The Balaban J connectivity index is 1.28. The molecule has 2 aromatic heterocycles. The molecule has 0 bridgehead atoms. The number of aromatic nitrogens is 4. The molecule has 13 N–H and O–H groups in total. The molecule has 6 rings (SSSR count). The summed E-state index contributed by atoms with van der Waals surface area (Å²) in [5.41, 5.74) is 9.11. The van der Waals surface area contributed by atoms with Crippen molar-refractivity contribution in [3.8, 4) is 0 Å². The first-order valence-corrected chi connectivity index (χ1v) is 34.3. The van der Waals surface area contributed by atoms with Gasteiger partial charge < -0.3 is 82.2 Å². The van der Waals surface area contributed by atoms with Crippen LogP contribution in [0.3, 0.4) is 0 Å². The Kier molecular flexibility index (Phi) is 33.4. The lowest BCUT2D eigenvalue weighted by Gasteiger charge is -2.29. The molecule has 514 valence electrons. The van der Waals surface area contributed by atoms with Crippen molar-refractivity contribution in [3.63, 3.8) is 0 Å². The van der Waals surface area contributed by atoms with Gasteiger partial charge in [-0.05, 0) is 75.8 Å². The maximum atomic E-state index is 15.2. The molecule has 1 aliphatic rings. The first kappa shape index (κ1) is 75.7. The highest BCUT2D eigenvalue weighted by Gasteiger charge is 2.37. The molecule has 3 aromatic carbocycles. The summed E-state index contributed by atoms with van der Waals surface area (Å²) in [6.07, 6.45) is 0.896. The van der Waals surface area contributed by atoms with Crippen molar-refractivity contribution < 1.29 is 72.6 Å². The van der Waals surface area contributed by atoms with Gasteiger partial charge in [0.1, 0.15) is 30.2 Å². The maximum absolute atomic E-state index is 15.2. The molecular formula is C65H92N12O15S2. The number of rotatable bonds is 34. The van der Waals surface area contributed by atoms with E-state index in [-0.39, 0.29) is 56.6 Å². The number of aliphatic hydroxyl groups is 3. The average molecular weight is 1350 g/mol. The van der Waals surface area contributed by atoms with Crippen LogP contribution in [-0.4, -0.2) is 214 Å². The van der Waals surface area contributed by atoms with Gasteiger partial charge in [0.05, 0.1) is 89.4 Å². The van der Waals surface area contributed by atoms with Crippen molar-refractivity contribution >= 4 is 79.6 Å². The fraction of sp³-hybridized carbons (Fsp3) is 0.538. The van der Waals surface area contributed by atoms with Gasteiger partial charge in [-0.1, -0.05) is 106 Å². The number of nitrogens with zero attached hydrogens (tertiary/aromatic N) is 3. The fourth-order valence-electron chi connectivity index (χ4n) is 10.1. The number of ether oxygens (including phenoxy) is 4. The van der Waals surface area contributed by atoms with Crippen LogP contribution in [0.5, 0.6) is 0 Å². The van der Waals surface area contributed by atoms with Crippen LogP contribution in [0.15, 0.2) is 97.3 Å². The van der Waals surface area contributed by atoms with Crippen LogP contribution in [0.1, 0.15) is 75.3 Å². The van der Waals surface area contributed by atoms with E-state index in [9.17, 15) is 44.1 Å².